The van der Waals surface area contributed by atoms with Gasteiger partial charge in [-0.1, -0.05) is 146 Å². The highest BCUT2D eigenvalue weighted by atomic mass is 14.3. The Morgan fingerprint density at radius 2 is 1.18 bits per heavy atom. The molecule has 2 saturated carbocycles. The molecule has 0 amide bonds. The van der Waals surface area contributed by atoms with E-state index in [1.807, 2.05) is 13.8 Å². The molecule has 2 fully saturated rings. The molecule has 0 N–H and O–H groups in total. The van der Waals surface area contributed by atoms with E-state index in [2.05, 4.69) is 55.4 Å². The first-order valence-electron chi connectivity index (χ1n) is 13.3. The smallest absolute Gasteiger partial charge is 0.0391 e. The van der Waals surface area contributed by atoms with Gasteiger partial charge in [0.25, 0.3) is 0 Å². The molecule has 0 nitrogen and oxygen atoms in total. The van der Waals surface area contributed by atoms with Crippen LogP contribution < -0.4 is 0 Å². The van der Waals surface area contributed by atoms with Gasteiger partial charge < -0.3 is 0 Å². The van der Waals surface area contributed by atoms with Crippen molar-refractivity contribution in [1.82, 2.24) is 0 Å². The Labute approximate surface area is 182 Å². The average molecular weight is 397 g/mol. The lowest BCUT2D eigenvalue weighted by Crippen LogP contribution is -2.08. The van der Waals surface area contributed by atoms with Crippen LogP contribution in [0.5, 0.6) is 0 Å². The second-order valence-electron chi connectivity index (χ2n) is 10.3. The Hall–Kier alpha value is 0. The highest BCUT2D eigenvalue weighted by molar-refractivity contribution is 4.72. The summed E-state index contributed by atoms with van der Waals surface area (Å²) in [6, 6.07) is 0. The summed E-state index contributed by atoms with van der Waals surface area (Å²) in [6.45, 7) is 22.7. The third-order valence-corrected chi connectivity index (χ3v) is 6.89. The van der Waals surface area contributed by atoms with Crippen LogP contribution >= 0.6 is 0 Å². The molecule has 3 atom stereocenters. The van der Waals surface area contributed by atoms with E-state index in [-0.39, 0.29) is 0 Å². The quantitative estimate of drug-likeness (QED) is 0.418. The first-order chi connectivity index (χ1) is 13.3. The fourth-order valence-electron chi connectivity index (χ4n) is 4.51. The summed E-state index contributed by atoms with van der Waals surface area (Å²) < 4.78 is 0. The highest BCUT2D eigenvalue weighted by Crippen LogP contribution is 2.32. The van der Waals surface area contributed by atoms with Gasteiger partial charge in [-0.2, -0.15) is 0 Å². The van der Waals surface area contributed by atoms with Gasteiger partial charge in [-0.3, -0.25) is 0 Å². The third-order valence-electron chi connectivity index (χ3n) is 6.89. The van der Waals surface area contributed by atoms with Crippen molar-refractivity contribution >= 4 is 0 Å². The van der Waals surface area contributed by atoms with Crippen molar-refractivity contribution in [2.75, 3.05) is 0 Å². The monoisotopic (exact) mass is 396 g/mol. The summed E-state index contributed by atoms with van der Waals surface area (Å²) in [6.07, 6.45) is 17.3. The Balaban J connectivity index is 0. The molecule has 0 aliphatic heterocycles. The van der Waals surface area contributed by atoms with Crippen LogP contribution in [0.25, 0.3) is 0 Å². The van der Waals surface area contributed by atoms with E-state index in [9.17, 15) is 0 Å². The molecule has 28 heavy (non-hydrogen) atoms. The van der Waals surface area contributed by atoms with Crippen molar-refractivity contribution in [2.24, 2.45) is 35.5 Å². The Morgan fingerprint density at radius 1 is 0.679 bits per heavy atom. The van der Waals surface area contributed by atoms with Gasteiger partial charge >= 0.3 is 0 Å². The maximum atomic E-state index is 2.39. The lowest BCUT2D eigenvalue weighted by Gasteiger charge is -2.22. The first-order valence-corrected chi connectivity index (χ1v) is 13.3. The maximum absolute atomic E-state index is 2.39. The molecule has 0 aromatic rings. The van der Waals surface area contributed by atoms with E-state index in [0.717, 1.165) is 35.5 Å². The average Bonchev–Trinajstić information content (AvgIpc) is 3.10. The fraction of sp³-hybridized carbons (Fsp3) is 1.00. The molecular formula is C28H60. The van der Waals surface area contributed by atoms with E-state index >= 15 is 0 Å². The molecule has 0 radical (unpaired) electrons. The minimum atomic E-state index is 0.888. The van der Waals surface area contributed by atoms with E-state index < -0.39 is 0 Å². The van der Waals surface area contributed by atoms with Crippen molar-refractivity contribution in [3.05, 3.63) is 0 Å². The molecule has 0 saturated heterocycles. The second kappa shape index (κ2) is 20.3. The molecule has 2 aliphatic rings. The van der Waals surface area contributed by atoms with Gasteiger partial charge in [0, 0.05) is 0 Å². The highest BCUT2D eigenvalue weighted by Gasteiger charge is 2.20. The molecule has 0 aromatic carbocycles. The number of rotatable bonds is 6. The van der Waals surface area contributed by atoms with Crippen LogP contribution in [0.2, 0.25) is 0 Å². The van der Waals surface area contributed by atoms with Crippen LogP contribution in [0.3, 0.4) is 0 Å². The lowest BCUT2D eigenvalue weighted by molar-refractivity contribution is 0.308. The molecule has 0 spiro atoms. The Morgan fingerprint density at radius 3 is 1.46 bits per heavy atom. The predicted molar refractivity (Wildman–Crippen MR) is 133 cm³/mol. The molecule has 0 heteroatoms. The van der Waals surface area contributed by atoms with Gasteiger partial charge in [-0.15, -0.1) is 0 Å². The van der Waals surface area contributed by atoms with E-state index in [1.165, 1.54) is 77.0 Å². The minimum Gasteiger partial charge on any atom is -0.0683 e. The Kier molecular flexibility index (Phi) is 21.9. The number of hydrogen-bond acceptors (Lipinski definition) is 0. The van der Waals surface area contributed by atoms with Crippen molar-refractivity contribution < 1.29 is 0 Å². The van der Waals surface area contributed by atoms with Crippen molar-refractivity contribution in [3.8, 4) is 0 Å². The van der Waals surface area contributed by atoms with Crippen LogP contribution in [0.1, 0.15) is 146 Å². The van der Waals surface area contributed by atoms with Crippen LogP contribution in [-0.2, 0) is 0 Å². The summed E-state index contributed by atoms with van der Waals surface area (Å²) in [4.78, 5) is 0. The summed E-state index contributed by atoms with van der Waals surface area (Å²) in [5.41, 5.74) is 0. The predicted octanol–water partition coefficient (Wildman–Crippen LogP) is 10.6. The summed E-state index contributed by atoms with van der Waals surface area (Å²) in [5.74, 6) is 5.97. The van der Waals surface area contributed by atoms with Gasteiger partial charge in [-0.25, -0.2) is 0 Å². The molecular weight excluding hydrogens is 336 g/mol. The van der Waals surface area contributed by atoms with Gasteiger partial charge in [0.05, 0.1) is 0 Å². The first kappa shape index (κ1) is 30.2. The molecule has 0 heterocycles. The maximum Gasteiger partial charge on any atom is -0.0391 e. The topological polar surface area (TPSA) is 0 Å². The van der Waals surface area contributed by atoms with E-state index in [1.54, 1.807) is 0 Å². The van der Waals surface area contributed by atoms with Crippen LogP contribution in [-0.4, -0.2) is 0 Å². The van der Waals surface area contributed by atoms with E-state index in [4.69, 9.17) is 0 Å². The van der Waals surface area contributed by atoms with Gasteiger partial charge in [-0.05, 0) is 35.5 Å². The van der Waals surface area contributed by atoms with Crippen LogP contribution in [0.4, 0.5) is 0 Å². The van der Waals surface area contributed by atoms with Crippen molar-refractivity contribution in [3.63, 3.8) is 0 Å². The minimum absolute atomic E-state index is 0.888. The third kappa shape index (κ3) is 18.1. The van der Waals surface area contributed by atoms with Gasteiger partial charge in [0.1, 0.15) is 0 Å². The summed E-state index contributed by atoms with van der Waals surface area (Å²) in [5, 5.41) is 0. The molecule has 2 aliphatic carbocycles. The second-order valence-corrected chi connectivity index (χ2v) is 10.3. The summed E-state index contributed by atoms with van der Waals surface area (Å²) >= 11 is 0. The normalized spacial score (nSPS) is 27.5. The Bertz CT molecular complexity index is 274. The molecule has 2 rings (SSSR count). The van der Waals surface area contributed by atoms with Crippen molar-refractivity contribution in [2.45, 2.75) is 146 Å². The van der Waals surface area contributed by atoms with Gasteiger partial charge in [0.2, 0.25) is 0 Å². The van der Waals surface area contributed by atoms with Crippen LogP contribution in [0, 0.1) is 35.5 Å². The zero-order valence-electron chi connectivity index (χ0n) is 21.9. The van der Waals surface area contributed by atoms with Crippen molar-refractivity contribution in [1.29, 1.82) is 0 Å². The fourth-order valence-corrected chi connectivity index (χ4v) is 4.51. The summed E-state index contributed by atoms with van der Waals surface area (Å²) in [7, 11) is 0. The molecule has 172 valence electrons. The zero-order valence-corrected chi connectivity index (χ0v) is 21.9. The largest absolute Gasteiger partial charge is 0.0683 e. The van der Waals surface area contributed by atoms with Crippen LogP contribution in [0.15, 0.2) is 0 Å². The number of hydrogen-bond donors (Lipinski definition) is 0. The zero-order chi connectivity index (χ0) is 21.9. The lowest BCUT2D eigenvalue weighted by atomic mass is 9.84. The van der Waals surface area contributed by atoms with Gasteiger partial charge in [0.15, 0.2) is 0 Å². The SMILES string of the molecule is CC.CC1CCC(C)CC1.CCC1CCCC1C.CCCC(C)CCC(C)C. The molecule has 0 aromatic heterocycles. The van der Waals surface area contributed by atoms with E-state index in [0.29, 0.717) is 0 Å². The standard InChI is InChI=1S/C10H22.2C8H16.C2H6/c1-5-6-10(4)8-7-9(2)3;1-7-3-5-8(2)6-4-7;1-3-8-6-4-5-7(8)2;1-2/h9-10H,5-8H2,1-4H3;2*7-8H,3-6H2,1-2H3;1-2H3. The molecule has 0 bridgehead atoms. The molecule has 3 unspecified atom stereocenters.